The van der Waals surface area contributed by atoms with Crippen LogP contribution in [0.5, 0.6) is 0 Å². The van der Waals surface area contributed by atoms with E-state index < -0.39 is 15.9 Å². The molecular weight excluding hydrogens is 555 g/mol. The number of aryl methyl sites for hydroxylation is 1. The highest BCUT2D eigenvalue weighted by Gasteiger charge is 2.26. The van der Waals surface area contributed by atoms with Crippen LogP contribution >= 0.6 is 23.2 Å². The third-order valence-corrected chi connectivity index (χ3v) is 8.82. The summed E-state index contributed by atoms with van der Waals surface area (Å²) in [5.74, 6) is -0.544. The normalized spacial score (nSPS) is 11.8. The van der Waals surface area contributed by atoms with Crippen LogP contribution in [0.15, 0.2) is 94.9 Å². The molecule has 0 bridgehead atoms. The predicted octanol–water partition coefficient (Wildman–Crippen LogP) is 5.78. The summed E-state index contributed by atoms with van der Waals surface area (Å²) in [4.78, 5) is 12.9. The van der Waals surface area contributed by atoms with E-state index in [-0.39, 0.29) is 18.0 Å². The molecule has 0 aliphatic heterocycles. The molecule has 1 N–H and O–H groups in total. The molecule has 1 aromatic heterocycles. The van der Waals surface area contributed by atoms with Gasteiger partial charge in [0.2, 0.25) is 10.0 Å². The highest BCUT2D eigenvalue weighted by molar-refractivity contribution is 7.89. The first-order chi connectivity index (χ1) is 18.7. The van der Waals surface area contributed by atoms with Crippen molar-refractivity contribution in [3.05, 3.63) is 117 Å². The number of hydrazone groups is 1. The van der Waals surface area contributed by atoms with Gasteiger partial charge in [0.15, 0.2) is 0 Å². The predicted molar refractivity (Wildman–Crippen MR) is 156 cm³/mol. The van der Waals surface area contributed by atoms with Crippen LogP contribution in [0.25, 0.3) is 5.69 Å². The number of aromatic nitrogens is 1. The van der Waals surface area contributed by atoms with E-state index in [2.05, 4.69) is 10.5 Å². The van der Waals surface area contributed by atoms with E-state index >= 15 is 0 Å². The zero-order valence-corrected chi connectivity index (χ0v) is 23.8. The minimum Gasteiger partial charge on any atom is -0.318 e. The molecule has 0 fully saturated rings. The van der Waals surface area contributed by atoms with Crippen LogP contribution in [0.3, 0.4) is 0 Å². The first kappa shape index (κ1) is 28.6. The molecule has 3 aromatic carbocycles. The van der Waals surface area contributed by atoms with Gasteiger partial charge in [0, 0.05) is 29.2 Å². The highest BCUT2D eigenvalue weighted by Crippen LogP contribution is 2.27. The second-order valence-electron chi connectivity index (χ2n) is 8.94. The molecule has 1 heterocycles. The van der Waals surface area contributed by atoms with Crippen molar-refractivity contribution in [2.45, 2.75) is 25.2 Å². The Bertz CT molecular complexity index is 1590. The van der Waals surface area contributed by atoms with Crippen molar-refractivity contribution in [3.63, 3.8) is 0 Å². The molecule has 39 heavy (non-hydrogen) atoms. The average Bonchev–Trinajstić information content (AvgIpc) is 3.21. The van der Waals surface area contributed by atoms with Crippen molar-refractivity contribution < 1.29 is 13.2 Å². The number of hydrogen-bond acceptors (Lipinski definition) is 4. The Kier molecular flexibility index (Phi) is 9.24. The zero-order chi connectivity index (χ0) is 28.0. The number of halogens is 2. The van der Waals surface area contributed by atoms with Gasteiger partial charge in [-0.1, -0.05) is 71.7 Å². The number of carbonyl (C=O) groups is 1. The summed E-state index contributed by atoms with van der Waals surface area (Å²) in [5, 5.41) is 5.02. The van der Waals surface area contributed by atoms with Crippen LogP contribution in [-0.2, 0) is 21.2 Å². The molecular formula is C29H28Cl2N4O3S. The molecule has 7 nitrogen and oxygen atoms in total. The van der Waals surface area contributed by atoms with Crippen LogP contribution in [0.4, 0.5) is 0 Å². The summed E-state index contributed by atoms with van der Waals surface area (Å²) >= 11 is 12.3. The third kappa shape index (κ3) is 6.96. The molecule has 4 aromatic rings. The standard InChI is InChI=1S/C29H28Cl2N4O3S/c1-21-17-24(22(2)35(21)25-13-14-27(30)28(31)18-25)19-32-33-29(36)20-34(16-15-23-9-5-3-6-10-23)39(37,38)26-11-7-4-8-12-26/h3-14,17-19H,15-16,20H2,1-2H3,(H,33,36)/b32-19-. The number of benzene rings is 3. The van der Waals surface area contributed by atoms with E-state index in [1.165, 1.54) is 22.7 Å². The van der Waals surface area contributed by atoms with Gasteiger partial charge in [-0.15, -0.1) is 0 Å². The van der Waals surface area contributed by atoms with Gasteiger partial charge < -0.3 is 4.57 Å². The Hall–Kier alpha value is -3.43. The number of carbonyl (C=O) groups excluding carboxylic acids is 1. The smallest absolute Gasteiger partial charge is 0.255 e. The molecule has 0 saturated heterocycles. The molecule has 10 heteroatoms. The molecule has 0 aliphatic carbocycles. The number of nitrogens with one attached hydrogen (secondary N) is 1. The van der Waals surface area contributed by atoms with E-state index in [9.17, 15) is 13.2 Å². The second-order valence-corrected chi connectivity index (χ2v) is 11.7. The van der Waals surface area contributed by atoms with Crippen molar-refractivity contribution >= 4 is 45.3 Å². The summed E-state index contributed by atoms with van der Waals surface area (Å²) in [6, 6.07) is 24.9. The zero-order valence-electron chi connectivity index (χ0n) is 21.5. The minimum absolute atomic E-state index is 0.129. The quantitative estimate of drug-likeness (QED) is 0.190. The monoisotopic (exact) mass is 582 g/mol. The molecule has 0 unspecified atom stereocenters. The van der Waals surface area contributed by atoms with Gasteiger partial charge in [-0.25, -0.2) is 13.8 Å². The SMILES string of the molecule is Cc1cc(/C=N\NC(=O)CN(CCc2ccccc2)S(=O)(=O)c2ccccc2)c(C)n1-c1ccc(Cl)c(Cl)c1. The van der Waals surface area contributed by atoms with Crippen molar-refractivity contribution in [1.29, 1.82) is 0 Å². The largest absolute Gasteiger partial charge is 0.318 e. The molecule has 4 rings (SSSR count). The van der Waals surface area contributed by atoms with E-state index in [0.717, 1.165) is 28.2 Å². The van der Waals surface area contributed by atoms with Gasteiger partial charge in [0.1, 0.15) is 0 Å². The summed E-state index contributed by atoms with van der Waals surface area (Å²) in [7, 11) is -3.89. The Morgan fingerprint density at radius 2 is 1.62 bits per heavy atom. The fraction of sp³-hybridized carbons (Fsp3) is 0.172. The molecule has 0 saturated carbocycles. The average molecular weight is 584 g/mol. The van der Waals surface area contributed by atoms with Crippen LogP contribution < -0.4 is 5.43 Å². The number of sulfonamides is 1. The fourth-order valence-electron chi connectivity index (χ4n) is 4.23. The van der Waals surface area contributed by atoms with Crippen molar-refractivity contribution in [2.75, 3.05) is 13.1 Å². The summed E-state index contributed by atoms with van der Waals surface area (Å²) < 4.78 is 29.9. The molecule has 202 valence electrons. The van der Waals surface area contributed by atoms with Gasteiger partial charge in [0.25, 0.3) is 5.91 Å². The molecule has 0 spiro atoms. The topological polar surface area (TPSA) is 83.8 Å². The molecule has 0 atom stereocenters. The van der Waals surface area contributed by atoms with Crippen molar-refractivity contribution in [3.8, 4) is 5.69 Å². The van der Waals surface area contributed by atoms with E-state index in [0.29, 0.717) is 16.5 Å². The maximum Gasteiger partial charge on any atom is 0.255 e. The second kappa shape index (κ2) is 12.6. The number of hydrogen-bond donors (Lipinski definition) is 1. The Labute approximate surface area is 238 Å². The van der Waals surface area contributed by atoms with Crippen LogP contribution in [0.2, 0.25) is 10.0 Å². The highest BCUT2D eigenvalue weighted by atomic mass is 35.5. The lowest BCUT2D eigenvalue weighted by molar-refractivity contribution is -0.121. The first-order valence-electron chi connectivity index (χ1n) is 12.2. The maximum absolute atomic E-state index is 13.3. The maximum atomic E-state index is 13.3. The molecule has 0 radical (unpaired) electrons. The summed E-state index contributed by atoms with van der Waals surface area (Å²) in [5.41, 5.74) is 6.92. The van der Waals surface area contributed by atoms with Crippen LogP contribution in [-0.4, -0.2) is 42.5 Å². The number of rotatable bonds is 10. The lowest BCUT2D eigenvalue weighted by Crippen LogP contribution is -2.40. The van der Waals surface area contributed by atoms with Gasteiger partial charge in [-0.2, -0.15) is 9.41 Å². The van der Waals surface area contributed by atoms with E-state index in [1.54, 1.807) is 30.3 Å². The van der Waals surface area contributed by atoms with Gasteiger partial charge in [0.05, 0.1) is 27.7 Å². The van der Waals surface area contributed by atoms with Gasteiger partial charge in [-0.3, -0.25) is 4.79 Å². The van der Waals surface area contributed by atoms with Crippen molar-refractivity contribution in [2.24, 2.45) is 5.10 Å². The Morgan fingerprint density at radius 3 is 2.28 bits per heavy atom. The van der Waals surface area contributed by atoms with Gasteiger partial charge in [-0.05, 0) is 62.2 Å². The van der Waals surface area contributed by atoms with Crippen LogP contribution in [0, 0.1) is 13.8 Å². The fourth-order valence-corrected chi connectivity index (χ4v) is 5.94. The third-order valence-electron chi connectivity index (χ3n) is 6.22. The van der Waals surface area contributed by atoms with E-state index in [4.69, 9.17) is 23.2 Å². The van der Waals surface area contributed by atoms with Gasteiger partial charge >= 0.3 is 0 Å². The van der Waals surface area contributed by atoms with E-state index in [1.807, 2.05) is 60.9 Å². The van der Waals surface area contributed by atoms with Crippen LogP contribution in [0.1, 0.15) is 22.5 Å². The number of nitrogens with zero attached hydrogens (tertiary/aromatic N) is 3. The molecule has 0 aliphatic rings. The Balaban J connectivity index is 1.48. The molecule has 1 amide bonds. The summed E-state index contributed by atoms with van der Waals surface area (Å²) in [6.07, 6.45) is 2.00. The Morgan fingerprint density at radius 1 is 0.949 bits per heavy atom. The minimum atomic E-state index is -3.89. The first-order valence-corrected chi connectivity index (χ1v) is 14.4. The van der Waals surface area contributed by atoms with Crippen molar-refractivity contribution in [1.82, 2.24) is 14.3 Å². The lowest BCUT2D eigenvalue weighted by Gasteiger charge is -2.21. The number of amides is 1. The lowest BCUT2D eigenvalue weighted by atomic mass is 10.1. The summed E-state index contributed by atoms with van der Waals surface area (Å²) in [6.45, 7) is 3.65.